The van der Waals surface area contributed by atoms with Crippen LogP contribution in [0.2, 0.25) is 0 Å². The summed E-state index contributed by atoms with van der Waals surface area (Å²) in [5.41, 5.74) is -0.0687. The first-order chi connectivity index (χ1) is 9.54. The average molecular weight is 285 g/mol. The third-order valence-corrected chi connectivity index (χ3v) is 4.09. The van der Waals surface area contributed by atoms with Crippen LogP contribution in [0, 0.1) is 5.92 Å². The maximum absolute atomic E-state index is 13.2. The fraction of sp³-hybridized carbons (Fsp3) is 0.625. The first kappa shape index (κ1) is 15.4. The van der Waals surface area contributed by atoms with Crippen molar-refractivity contribution in [2.75, 3.05) is 6.54 Å². The molecule has 4 heteroatoms. The molecular weight excluding hydrogens is 263 g/mol. The van der Waals surface area contributed by atoms with Gasteiger partial charge < -0.3 is 5.32 Å². The van der Waals surface area contributed by atoms with Gasteiger partial charge in [0.05, 0.1) is 5.56 Å². The molecule has 112 valence electrons. The van der Waals surface area contributed by atoms with Crippen molar-refractivity contribution in [1.82, 2.24) is 5.32 Å². The van der Waals surface area contributed by atoms with Crippen molar-refractivity contribution in [1.29, 1.82) is 0 Å². The Hall–Kier alpha value is -1.03. The standard InChI is InChI=1S/C16H22F3N/c1-2-11-20-15(12-7-3-4-8-12)13-9-5-6-10-14(13)16(17,18)19/h5-6,9-10,12,15,20H,2-4,7-8,11H2,1H3. The van der Waals surface area contributed by atoms with Crippen molar-refractivity contribution in [2.24, 2.45) is 5.92 Å². The molecule has 0 spiro atoms. The highest BCUT2D eigenvalue weighted by molar-refractivity contribution is 5.33. The molecule has 1 atom stereocenters. The smallest absolute Gasteiger partial charge is 0.310 e. The minimum atomic E-state index is -4.28. The molecule has 20 heavy (non-hydrogen) atoms. The Bertz CT molecular complexity index is 422. The number of halogens is 3. The Balaban J connectivity index is 2.32. The van der Waals surface area contributed by atoms with Crippen molar-refractivity contribution in [3.8, 4) is 0 Å². The van der Waals surface area contributed by atoms with E-state index >= 15 is 0 Å². The zero-order chi connectivity index (χ0) is 14.6. The van der Waals surface area contributed by atoms with Crippen LogP contribution in [-0.2, 0) is 6.18 Å². The highest BCUT2D eigenvalue weighted by atomic mass is 19.4. The zero-order valence-corrected chi connectivity index (χ0v) is 11.8. The van der Waals surface area contributed by atoms with Gasteiger partial charge in [-0.15, -0.1) is 0 Å². The van der Waals surface area contributed by atoms with Gasteiger partial charge >= 0.3 is 6.18 Å². The molecule has 1 aliphatic rings. The van der Waals surface area contributed by atoms with Crippen LogP contribution in [-0.4, -0.2) is 6.54 Å². The van der Waals surface area contributed by atoms with Crippen LogP contribution in [0.1, 0.15) is 56.2 Å². The maximum atomic E-state index is 13.2. The fourth-order valence-electron chi connectivity index (χ4n) is 3.15. The van der Waals surface area contributed by atoms with E-state index in [-0.39, 0.29) is 6.04 Å². The van der Waals surface area contributed by atoms with E-state index < -0.39 is 11.7 Å². The van der Waals surface area contributed by atoms with Gasteiger partial charge in [0.15, 0.2) is 0 Å². The van der Waals surface area contributed by atoms with Crippen molar-refractivity contribution in [3.63, 3.8) is 0 Å². The summed E-state index contributed by atoms with van der Waals surface area (Å²) in [6.45, 7) is 2.79. The summed E-state index contributed by atoms with van der Waals surface area (Å²) in [6.07, 6.45) is 0.951. The molecule has 0 aliphatic heterocycles. The van der Waals surface area contributed by atoms with Gasteiger partial charge in [0.25, 0.3) is 0 Å². The third kappa shape index (κ3) is 3.54. The minimum absolute atomic E-state index is 0.171. The number of benzene rings is 1. The van der Waals surface area contributed by atoms with Gasteiger partial charge in [-0.1, -0.05) is 38.0 Å². The van der Waals surface area contributed by atoms with E-state index in [1.54, 1.807) is 12.1 Å². The van der Waals surface area contributed by atoms with E-state index in [1.165, 1.54) is 12.1 Å². The maximum Gasteiger partial charge on any atom is 0.416 e. The Labute approximate surface area is 118 Å². The van der Waals surface area contributed by atoms with Crippen LogP contribution in [0.25, 0.3) is 0 Å². The van der Waals surface area contributed by atoms with E-state index in [4.69, 9.17) is 0 Å². The van der Waals surface area contributed by atoms with Crippen molar-refractivity contribution >= 4 is 0 Å². The van der Waals surface area contributed by atoms with Crippen molar-refractivity contribution < 1.29 is 13.2 Å². The molecule has 0 bridgehead atoms. The van der Waals surface area contributed by atoms with Crippen molar-refractivity contribution in [3.05, 3.63) is 35.4 Å². The van der Waals surface area contributed by atoms with Crippen LogP contribution in [0.15, 0.2) is 24.3 Å². The fourth-order valence-corrected chi connectivity index (χ4v) is 3.15. The van der Waals surface area contributed by atoms with Crippen LogP contribution >= 0.6 is 0 Å². The summed E-state index contributed by atoms with van der Waals surface area (Å²) in [4.78, 5) is 0. The second-order valence-corrected chi connectivity index (χ2v) is 5.56. The monoisotopic (exact) mass is 285 g/mol. The molecule has 2 rings (SSSR count). The van der Waals surface area contributed by atoms with Gasteiger partial charge in [0, 0.05) is 6.04 Å². The SMILES string of the molecule is CCCNC(c1ccccc1C(F)(F)F)C1CCCC1. The van der Waals surface area contributed by atoms with Gasteiger partial charge in [0.1, 0.15) is 0 Å². The predicted octanol–water partition coefficient (Wildman–Crippen LogP) is 4.94. The molecule has 1 nitrogen and oxygen atoms in total. The molecule has 0 amide bonds. The van der Waals surface area contributed by atoms with Gasteiger partial charge in [-0.3, -0.25) is 0 Å². The quantitative estimate of drug-likeness (QED) is 0.808. The number of hydrogen-bond donors (Lipinski definition) is 1. The summed E-state index contributed by atoms with van der Waals surface area (Å²) in [6, 6.07) is 5.84. The molecule has 1 aromatic rings. The minimum Gasteiger partial charge on any atom is -0.310 e. The van der Waals surface area contributed by atoms with Gasteiger partial charge in [0.2, 0.25) is 0 Å². The first-order valence-corrected chi connectivity index (χ1v) is 7.43. The average Bonchev–Trinajstić information content (AvgIpc) is 2.92. The lowest BCUT2D eigenvalue weighted by Gasteiger charge is -2.28. The third-order valence-electron chi connectivity index (χ3n) is 4.09. The number of nitrogens with one attached hydrogen (secondary N) is 1. The summed E-state index contributed by atoms with van der Waals surface area (Å²) < 4.78 is 39.6. The normalized spacial score (nSPS) is 18.4. The Morgan fingerprint density at radius 1 is 1.20 bits per heavy atom. The Morgan fingerprint density at radius 2 is 1.85 bits per heavy atom. The molecular formula is C16H22F3N. The second kappa shape index (κ2) is 6.61. The molecule has 1 aliphatic carbocycles. The lowest BCUT2D eigenvalue weighted by molar-refractivity contribution is -0.138. The van der Waals surface area contributed by atoms with E-state index in [0.29, 0.717) is 11.5 Å². The lowest BCUT2D eigenvalue weighted by atomic mass is 9.88. The van der Waals surface area contributed by atoms with Crippen LogP contribution < -0.4 is 5.32 Å². The molecule has 0 heterocycles. The summed E-state index contributed by atoms with van der Waals surface area (Å²) in [5, 5.41) is 3.34. The topological polar surface area (TPSA) is 12.0 Å². The number of hydrogen-bond acceptors (Lipinski definition) is 1. The van der Waals surface area contributed by atoms with E-state index in [0.717, 1.165) is 38.6 Å². The van der Waals surface area contributed by atoms with Crippen molar-refractivity contribution in [2.45, 2.75) is 51.2 Å². The molecule has 1 saturated carbocycles. The van der Waals surface area contributed by atoms with Gasteiger partial charge in [-0.2, -0.15) is 13.2 Å². The molecule has 1 aromatic carbocycles. The number of rotatable bonds is 5. The molecule has 1 fully saturated rings. The summed E-state index contributed by atoms with van der Waals surface area (Å²) in [7, 11) is 0. The second-order valence-electron chi connectivity index (χ2n) is 5.56. The molecule has 1 unspecified atom stereocenters. The largest absolute Gasteiger partial charge is 0.416 e. The number of alkyl halides is 3. The highest BCUT2D eigenvalue weighted by Gasteiger charge is 2.37. The van der Waals surface area contributed by atoms with E-state index in [2.05, 4.69) is 5.32 Å². The van der Waals surface area contributed by atoms with Gasteiger partial charge in [-0.05, 0) is 43.4 Å². The summed E-state index contributed by atoms with van der Waals surface area (Å²) in [5.74, 6) is 0.324. The lowest BCUT2D eigenvalue weighted by Crippen LogP contribution is -2.30. The first-order valence-electron chi connectivity index (χ1n) is 7.43. The van der Waals surface area contributed by atoms with Crippen LogP contribution in [0.3, 0.4) is 0 Å². The predicted molar refractivity (Wildman–Crippen MR) is 74.4 cm³/mol. The molecule has 0 radical (unpaired) electrons. The van der Waals surface area contributed by atoms with E-state index in [9.17, 15) is 13.2 Å². The molecule has 0 aromatic heterocycles. The molecule has 1 N–H and O–H groups in total. The highest BCUT2D eigenvalue weighted by Crippen LogP contribution is 2.41. The van der Waals surface area contributed by atoms with Crippen LogP contribution in [0.4, 0.5) is 13.2 Å². The van der Waals surface area contributed by atoms with E-state index in [1.807, 2.05) is 6.92 Å². The van der Waals surface area contributed by atoms with Gasteiger partial charge in [-0.25, -0.2) is 0 Å². The van der Waals surface area contributed by atoms with Crippen LogP contribution in [0.5, 0.6) is 0 Å². The molecule has 0 saturated heterocycles. The Morgan fingerprint density at radius 3 is 2.45 bits per heavy atom. The Kier molecular flexibility index (Phi) is 5.08. The summed E-state index contributed by atoms with van der Waals surface area (Å²) >= 11 is 0. The zero-order valence-electron chi connectivity index (χ0n) is 11.8.